The number of carbonyl (C=O) groups excluding carboxylic acids is 1. The highest BCUT2D eigenvalue weighted by Gasteiger charge is 2.23. The van der Waals surface area contributed by atoms with Gasteiger partial charge in [0.1, 0.15) is 5.82 Å². The smallest absolute Gasteiger partial charge is 0.308 e. The minimum absolute atomic E-state index is 0.101. The Morgan fingerprint density at radius 1 is 1.52 bits per heavy atom. The summed E-state index contributed by atoms with van der Waals surface area (Å²) in [5.41, 5.74) is 2.03. The highest BCUT2D eigenvalue weighted by molar-refractivity contribution is 5.74. The molecule has 0 radical (unpaired) electrons. The molecule has 0 saturated carbocycles. The van der Waals surface area contributed by atoms with E-state index in [1.54, 1.807) is 0 Å². The number of carbonyl (C=O) groups is 1. The number of aromatic amines is 1. The van der Waals surface area contributed by atoms with Crippen molar-refractivity contribution in [1.29, 1.82) is 0 Å². The van der Waals surface area contributed by atoms with Gasteiger partial charge in [0.15, 0.2) is 0 Å². The van der Waals surface area contributed by atoms with Crippen LogP contribution in [-0.4, -0.2) is 53.7 Å². The maximum absolute atomic E-state index is 11.3. The van der Waals surface area contributed by atoms with Crippen LogP contribution < -0.4 is 0 Å². The summed E-state index contributed by atoms with van der Waals surface area (Å²) in [7, 11) is 1.40. The van der Waals surface area contributed by atoms with E-state index in [4.69, 9.17) is 9.47 Å². The lowest BCUT2D eigenvalue weighted by molar-refractivity contribution is -0.145. The van der Waals surface area contributed by atoms with Gasteiger partial charge in [-0.25, -0.2) is 4.98 Å². The first-order chi connectivity index (χ1) is 10.2. The summed E-state index contributed by atoms with van der Waals surface area (Å²) < 4.78 is 10.3. The Bertz CT molecular complexity index is 592. The van der Waals surface area contributed by atoms with E-state index >= 15 is 0 Å². The van der Waals surface area contributed by atoms with Crippen molar-refractivity contribution in [3.63, 3.8) is 0 Å². The Morgan fingerprint density at radius 3 is 3.19 bits per heavy atom. The number of fused-ring (bicyclic) bond motifs is 1. The van der Waals surface area contributed by atoms with Crippen molar-refractivity contribution in [3.8, 4) is 0 Å². The number of hydrogen-bond donors (Lipinski definition) is 1. The maximum atomic E-state index is 11.3. The first-order valence-corrected chi connectivity index (χ1v) is 7.09. The van der Waals surface area contributed by atoms with Crippen molar-refractivity contribution in [2.75, 3.05) is 26.8 Å². The van der Waals surface area contributed by atoms with Crippen LogP contribution in [0.5, 0.6) is 0 Å². The van der Waals surface area contributed by atoms with Crippen LogP contribution >= 0.6 is 0 Å². The topological polar surface area (TPSA) is 67.5 Å². The molecule has 1 unspecified atom stereocenters. The fourth-order valence-electron chi connectivity index (χ4n) is 2.61. The molecule has 1 fully saturated rings. The van der Waals surface area contributed by atoms with Gasteiger partial charge in [-0.05, 0) is 12.1 Å². The van der Waals surface area contributed by atoms with E-state index < -0.39 is 0 Å². The molecule has 1 aliphatic rings. The molecular weight excluding hydrogens is 270 g/mol. The van der Waals surface area contributed by atoms with Crippen LogP contribution in [0.2, 0.25) is 0 Å². The SMILES string of the molecule is COC(=O)CC1CN(Cc2nc3ccccc3[nH]2)CCO1. The Balaban J connectivity index is 1.62. The summed E-state index contributed by atoms with van der Waals surface area (Å²) in [6.07, 6.45) is 0.197. The molecule has 112 valence electrons. The van der Waals surface area contributed by atoms with Gasteiger partial charge in [0.05, 0.1) is 43.8 Å². The molecule has 3 rings (SSSR count). The maximum Gasteiger partial charge on any atom is 0.308 e. The van der Waals surface area contributed by atoms with Gasteiger partial charge in [0.25, 0.3) is 0 Å². The molecule has 1 N–H and O–H groups in total. The van der Waals surface area contributed by atoms with Crippen LogP contribution in [0.15, 0.2) is 24.3 Å². The second-order valence-electron chi connectivity index (χ2n) is 5.21. The Kier molecular flexibility index (Phi) is 4.17. The summed E-state index contributed by atoms with van der Waals surface area (Å²) in [5, 5.41) is 0. The van der Waals surface area contributed by atoms with Gasteiger partial charge in [-0.2, -0.15) is 0 Å². The predicted molar refractivity (Wildman–Crippen MR) is 77.7 cm³/mol. The molecule has 1 aromatic carbocycles. The zero-order valence-corrected chi connectivity index (χ0v) is 12.0. The average molecular weight is 289 g/mol. The number of methoxy groups -OCH3 is 1. The third-order valence-electron chi connectivity index (χ3n) is 3.66. The predicted octanol–water partition coefficient (Wildman–Crippen LogP) is 1.33. The molecule has 1 atom stereocenters. The number of H-pyrrole nitrogens is 1. The second kappa shape index (κ2) is 6.24. The van der Waals surface area contributed by atoms with Gasteiger partial charge >= 0.3 is 5.97 Å². The van der Waals surface area contributed by atoms with E-state index in [0.29, 0.717) is 19.6 Å². The third kappa shape index (κ3) is 3.40. The van der Waals surface area contributed by atoms with Crippen LogP contribution in [-0.2, 0) is 20.8 Å². The van der Waals surface area contributed by atoms with Crippen molar-refractivity contribution in [2.45, 2.75) is 19.1 Å². The van der Waals surface area contributed by atoms with Crippen molar-refractivity contribution in [2.24, 2.45) is 0 Å². The number of para-hydroxylation sites is 2. The zero-order valence-electron chi connectivity index (χ0n) is 12.0. The lowest BCUT2D eigenvalue weighted by atomic mass is 10.2. The Hall–Kier alpha value is -1.92. The fourth-order valence-corrected chi connectivity index (χ4v) is 2.61. The number of hydrogen-bond acceptors (Lipinski definition) is 5. The monoisotopic (exact) mass is 289 g/mol. The lowest BCUT2D eigenvalue weighted by Crippen LogP contribution is -2.43. The quantitative estimate of drug-likeness (QED) is 0.860. The van der Waals surface area contributed by atoms with Gasteiger partial charge < -0.3 is 14.5 Å². The number of esters is 1. The first-order valence-electron chi connectivity index (χ1n) is 7.09. The van der Waals surface area contributed by atoms with Crippen molar-refractivity contribution in [1.82, 2.24) is 14.9 Å². The fraction of sp³-hybridized carbons (Fsp3) is 0.467. The largest absolute Gasteiger partial charge is 0.469 e. The Labute approximate surface area is 123 Å². The number of aromatic nitrogens is 2. The number of benzene rings is 1. The number of rotatable bonds is 4. The molecule has 0 amide bonds. The second-order valence-corrected chi connectivity index (χ2v) is 5.21. The normalized spacial score (nSPS) is 19.8. The van der Waals surface area contributed by atoms with Gasteiger partial charge in [-0.3, -0.25) is 9.69 Å². The van der Waals surface area contributed by atoms with Crippen LogP contribution in [0.1, 0.15) is 12.2 Å². The molecule has 2 aromatic rings. The molecule has 2 heterocycles. The average Bonchev–Trinajstić information content (AvgIpc) is 2.89. The molecular formula is C15H19N3O3. The molecule has 1 aliphatic heterocycles. The van der Waals surface area contributed by atoms with Crippen molar-refractivity contribution >= 4 is 17.0 Å². The van der Waals surface area contributed by atoms with Gasteiger partial charge in [0, 0.05) is 13.1 Å². The van der Waals surface area contributed by atoms with E-state index in [-0.39, 0.29) is 12.1 Å². The minimum Gasteiger partial charge on any atom is -0.469 e. The molecule has 1 aromatic heterocycles. The van der Waals surface area contributed by atoms with Crippen LogP contribution in [0.4, 0.5) is 0 Å². The molecule has 0 aliphatic carbocycles. The molecule has 6 nitrogen and oxygen atoms in total. The van der Waals surface area contributed by atoms with E-state index in [1.807, 2.05) is 24.3 Å². The number of nitrogens with one attached hydrogen (secondary N) is 1. The van der Waals surface area contributed by atoms with E-state index in [0.717, 1.165) is 29.9 Å². The van der Waals surface area contributed by atoms with Gasteiger partial charge in [0.2, 0.25) is 0 Å². The summed E-state index contributed by atoms with van der Waals surface area (Å²) in [6, 6.07) is 7.99. The summed E-state index contributed by atoms with van der Waals surface area (Å²) in [4.78, 5) is 21.5. The standard InChI is InChI=1S/C15H19N3O3/c1-20-15(19)8-11-9-18(6-7-21-11)10-14-16-12-4-2-3-5-13(12)17-14/h2-5,11H,6-10H2,1H3,(H,16,17). The molecule has 1 saturated heterocycles. The number of imidazole rings is 1. The van der Waals surface area contributed by atoms with E-state index in [1.165, 1.54) is 7.11 Å². The number of ether oxygens (including phenoxy) is 2. The molecule has 0 bridgehead atoms. The van der Waals surface area contributed by atoms with Gasteiger partial charge in [-0.1, -0.05) is 12.1 Å². The molecule has 21 heavy (non-hydrogen) atoms. The van der Waals surface area contributed by atoms with Crippen LogP contribution in [0.3, 0.4) is 0 Å². The van der Waals surface area contributed by atoms with Crippen LogP contribution in [0.25, 0.3) is 11.0 Å². The molecule has 0 spiro atoms. The molecule has 6 heteroatoms. The highest BCUT2D eigenvalue weighted by Crippen LogP contribution is 2.15. The number of nitrogens with zero attached hydrogens (tertiary/aromatic N) is 2. The van der Waals surface area contributed by atoms with E-state index in [9.17, 15) is 4.79 Å². The lowest BCUT2D eigenvalue weighted by Gasteiger charge is -2.31. The highest BCUT2D eigenvalue weighted by atomic mass is 16.5. The zero-order chi connectivity index (χ0) is 14.7. The summed E-state index contributed by atoms with van der Waals surface area (Å²) in [6.45, 7) is 2.92. The third-order valence-corrected chi connectivity index (χ3v) is 3.66. The first kappa shape index (κ1) is 14.0. The number of morpholine rings is 1. The summed E-state index contributed by atoms with van der Waals surface area (Å²) in [5.74, 6) is 0.709. The van der Waals surface area contributed by atoms with Crippen molar-refractivity contribution < 1.29 is 14.3 Å². The van der Waals surface area contributed by atoms with E-state index in [2.05, 4.69) is 14.9 Å². The summed E-state index contributed by atoms with van der Waals surface area (Å²) >= 11 is 0. The van der Waals surface area contributed by atoms with Crippen molar-refractivity contribution in [3.05, 3.63) is 30.1 Å². The van der Waals surface area contributed by atoms with Crippen LogP contribution in [0, 0.1) is 0 Å². The Morgan fingerprint density at radius 2 is 2.38 bits per heavy atom. The minimum atomic E-state index is -0.231. The van der Waals surface area contributed by atoms with Gasteiger partial charge in [-0.15, -0.1) is 0 Å².